The van der Waals surface area contributed by atoms with Crippen LogP contribution in [0.2, 0.25) is 0 Å². The molecule has 0 saturated heterocycles. The average molecular weight is 235 g/mol. The third-order valence-electron chi connectivity index (χ3n) is 3.88. The summed E-state index contributed by atoms with van der Waals surface area (Å²) < 4.78 is 2.17. The van der Waals surface area contributed by atoms with Crippen LogP contribution in [-0.2, 0) is 6.54 Å². The van der Waals surface area contributed by atoms with E-state index in [0.717, 1.165) is 12.5 Å². The molecule has 0 radical (unpaired) electrons. The molecule has 3 nitrogen and oxygen atoms in total. The van der Waals surface area contributed by atoms with Crippen LogP contribution in [-0.4, -0.2) is 22.1 Å². The molecule has 1 aliphatic rings. The minimum absolute atomic E-state index is 0.286. The number of nitrogens with zero attached hydrogens (tertiary/aromatic N) is 2. The van der Waals surface area contributed by atoms with Crippen molar-refractivity contribution in [3.05, 3.63) is 18.7 Å². The maximum absolute atomic E-state index is 4.12. The predicted molar refractivity (Wildman–Crippen MR) is 70.8 cm³/mol. The van der Waals surface area contributed by atoms with E-state index in [2.05, 4.69) is 35.6 Å². The maximum Gasteiger partial charge on any atom is 0.0946 e. The molecular weight excluding hydrogens is 210 g/mol. The summed E-state index contributed by atoms with van der Waals surface area (Å²) in [6.45, 7) is 9.11. The lowest BCUT2D eigenvalue weighted by atomic mass is 9.83. The van der Waals surface area contributed by atoms with Crippen molar-refractivity contribution in [2.45, 2.75) is 52.6 Å². The van der Waals surface area contributed by atoms with Gasteiger partial charge in [-0.25, -0.2) is 4.98 Å². The summed E-state index contributed by atoms with van der Waals surface area (Å²) in [7, 11) is 0. The van der Waals surface area contributed by atoms with Gasteiger partial charge in [-0.1, -0.05) is 27.2 Å². The van der Waals surface area contributed by atoms with Crippen molar-refractivity contribution in [3.63, 3.8) is 0 Å². The first-order valence-electron chi connectivity index (χ1n) is 6.75. The van der Waals surface area contributed by atoms with Gasteiger partial charge >= 0.3 is 0 Å². The summed E-state index contributed by atoms with van der Waals surface area (Å²) in [6, 6.07) is 0.511. The summed E-state index contributed by atoms with van der Waals surface area (Å²) in [5, 5.41) is 3.75. The molecule has 1 saturated carbocycles. The zero-order valence-electron chi connectivity index (χ0n) is 11.3. The van der Waals surface area contributed by atoms with Gasteiger partial charge in [0, 0.05) is 25.0 Å². The van der Waals surface area contributed by atoms with E-state index >= 15 is 0 Å². The Bertz CT molecular complexity index is 320. The zero-order chi connectivity index (χ0) is 12.3. The average Bonchev–Trinajstić information content (AvgIpc) is 2.64. The van der Waals surface area contributed by atoms with Gasteiger partial charge in [0.15, 0.2) is 0 Å². The van der Waals surface area contributed by atoms with Crippen LogP contribution in [0.4, 0.5) is 0 Å². The first-order chi connectivity index (χ1) is 8.05. The normalized spacial score (nSPS) is 19.0. The summed E-state index contributed by atoms with van der Waals surface area (Å²) in [5.74, 6) is 0.919. The Morgan fingerprint density at radius 1 is 1.41 bits per heavy atom. The molecule has 1 unspecified atom stereocenters. The zero-order valence-corrected chi connectivity index (χ0v) is 11.3. The van der Waals surface area contributed by atoms with E-state index in [-0.39, 0.29) is 5.41 Å². The van der Waals surface area contributed by atoms with Crippen LogP contribution < -0.4 is 5.32 Å². The SMILES string of the molecule is CC(C)(C)C(Cn1ccnc1)NCC1CCC1. The minimum atomic E-state index is 0.286. The second-order valence-corrected chi connectivity index (χ2v) is 6.38. The Morgan fingerprint density at radius 2 is 2.18 bits per heavy atom. The van der Waals surface area contributed by atoms with Gasteiger partial charge in [0.05, 0.1) is 6.33 Å². The standard InChI is InChI=1S/C14H25N3/c1-14(2,3)13(10-17-8-7-15-11-17)16-9-12-5-4-6-12/h7-8,11-13,16H,4-6,9-10H2,1-3H3. The smallest absolute Gasteiger partial charge is 0.0946 e. The molecule has 0 amide bonds. The first-order valence-corrected chi connectivity index (χ1v) is 6.75. The van der Waals surface area contributed by atoms with E-state index in [4.69, 9.17) is 0 Å². The summed E-state index contributed by atoms with van der Waals surface area (Å²) in [4.78, 5) is 4.12. The van der Waals surface area contributed by atoms with Gasteiger partial charge in [-0.05, 0) is 30.7 Å². The predicted octanol–water partition coefficient (Wildman–Crippen LogP) is 2.69. The van der Waals surface area contributed by atoms with Crippen LogP contribution in [0.5, 0.6) is 0 Å². The van der Waals surface area contributed by atoms with Gasteiger partial charge in [0.1, 0.15) is 0 Å². The summed E-state index contributed by atoms with van der Waals surface area (Å²) in [6.07, 6.45) is 10.1. The lowest BCUT2D eigenvalue weighted by molar-refractivity contribution is 0.208. The van der Waals surface area contributed by atoms with Gasteiger partial charge in [-0.15, -0.1) is 0 Å². The molecule has 0 spiro atoms. The van der Waals surface area contributed by atoms with E-state index in [9.17, 15) is 0 Å². The van der Waals surface area contributed by atoms with Gasteiger partial charge in [-0.2, -0.15) is 0 Å². The molecule has 3 heteroatoms. The second-order valence-electron chi connectivity index (χ2n) is 6.38. The molecule has 2 rings (SSSR count). The van der Waals surface area contributed by atoms with Gasteiger partial charge in [0.2, 0.25) is 0 Å². The van der Waals surface area contributed by atoms with Crippen molar-refractivity contribution in [1.29, 1.82) is 0 Å². The second kappa shape index (κ2) is 5.21. The van der Waals surface area contributed by atoms with E-state index in [1.165, 1.54) is 25.8 Å². The van der Waals surface area contributed by atoms with E-state index in [0.29, 0.717) is 6.04 Å². The fraction of sp³-hybridized carbons (Fsp3) is 0.786. The van der Waals surface area contributed by atoms with E-state index in [1.807, 2.05) is 18.7 Å². The van der Waals surface area contributed by atoms with Crippen LogP contribution >= 0.6 is 0 Å². The van der Waals surface area contributed by atoms with Crippen molar-refractivity contribution in [2.75, 3.05) is 6.54 Å². The highest BCUT2D eigenvalue weighted by molar-refractivity contribution is 4.86. The Morgan fingerprint density at radius 3 is 2.65 bits per heavy atom. The molecule has 1 aromatic heterocycles. The number of imidazole rings is 1. The molecule has 1 atom stereocenters. The molecule has 17 heavy (non-hydrogen) atoms. The highest BCUT2D eigenvalue weighted by Crippen LogP contribution is 2.27. The molecule has 0 aromatic carbocycles. The fourth-order valence-corrected chi connectivity index (χ4v) is 2.26. The molecule has 1 N–H and O–H groups in total. The largest absolute Gasteiger partial charge is 0.336 e. The Balaban J connectivity index is 1.88. The van der Waals surface area contributed by atoms with Crippen LogP contribution in [0.3, 0.4) is 0 Å². The van der Waals surface area contributed by atoms with Crippen molar-refractivity contribution in [2.24, 2.45) is 11.3 Å². The monoisotopic (exact) mass is 235 g/mol. The lowest BCUT2D eigenvalue weighted by Gasteiger charge is -2.35. The van der Waals surface area contributed by atoms with Gasteiger partial charge in [-0.3, -0.25) is 0 Å². The van der Waals surface area contributed by atoms with Crippen LogP contribution in [0, 0.1) is 11.3 Å². The molecule has 1 heterocycles. The van der Waals surface area contributed by atoms with Crippen molar-refractivity contribution in [3.8, 4) is 0 Å². The van der Waals surface area contributed by atoms with Crippen molar-refractivity contribution in [1.82, 2.24) is 14.9 Å². The van der Waals surface area contributed by atoms with Crippen LogP contribution in [0.25, 0.3) is 0 Å². The number of hydrogen-bond donors (Lipinski definition) is 1. The van der Waals surface area contributed by atoms with Crippen LogP contribution in [0.15, 0.2) is 18.7 Å². The summed E-state index contributed by atoms with van der Waals surface area (Å²) in [5.41, 5.74) is 0.286. The molecule has 0 bridgehead atoms. The first kappa shape index (κ1) is 12.6. The van der Waals surface area contributed by atoms with Crippen LogP contribution in [0.1, 0.15) is 40.0 Å². The van der Waals surface area contributed by atoms with Crippen molar-refractivity contribution < 1.29 is 0 Å². The Hall–Kier alpha value is -0.830. The fourth-order valence-electron chi connectivity index (χ4n) is 2.26. The molecule has 1 aromatic rings. The lowest BCUT2D eigenvalue weighted by Crippen LogP contribution is -2.45. The summed E-state index contributed by atoms with van der Waals surface area (Å²) >= 11 is 0. The maximum atomic E-state index is 4.12. The molecular formula is C14H25N3. The van der Waals surface area contributed by atoms with Gasteiger partial charge in [0.25, 0.3) is 0 Å². The van der Waals surface area contributed by atoms with Gasteiger partial charge < -0.3 is 9.88 Å². The molecule has 1 fully saturated rings. The third-order valence-corrected chi connectivity index (χ3v) is 3.88. The third kappa shape index (κ3) is 3.56. The topological polar surface area (TPSA) is 29.9 Å². The minimum Gasteiger partial charge on any atom is -0.336 e. The van der Waals surface area contributed by atoms with E-state index in [1.54, 1.807) is 0 Å². The quantitative estimate of drug-likeness (QED) is 0.850. The Kier molecular flexibility index (Phi) is 3.87. The number of nitrogens with one attached hydrogen (secondary N) is 1. The molecule has 1 aliphatic carbocycles. The van der Waals surface area contributed by atoms with Crippen molar-refractivity contribution >= 4 is 0 Å². The van der Waals surface area contributed by atoms with E-state index < -0.39 is 0 Å². The highest BCUT2D eigenvalue weighted by Gasteiger charge is 2.26. The highest BCUT2D eigenvalue weighted by atomic mass is 15.1. The number of aromatic nitrogens is 2. The number of hydrogen-bond acceptors (Lipinski definition) is 2. The number of rotatable bonds is 5. The molecule has 96 valence electrons. The Labute approximate surface area is 105 Å². The molecule has 0 aliphatic heterocycles.